The van der Waals surface area contributed by atoms with Crippen LogP contribution in [0.5, 0.6) is 5.75 Å². The Kier molecular flexibility index (Phi) is 5.42. The van der Waals surface area contributed by atoms with Crippen LogP contribution in [0.1, 0.15) is 45.2 Å². The summed E-state index contributed by atoms with van der Waals surface area (Å²) in [5, 5.41) is 9.88. The van der Waals surface area contributed by atoms with Crippen molar-refractivity contribution < 1.29 is 9.59 Å². The highest BCUT2D eigenvalue weighted by Gasteiger charge is 2.28. The van der Waals surface area contributed by atoms with Crippen molar-refractivity contribution in [3.8, 4) is 5.75 Å². The molecule has 1 aromatic carbocycles. The second-order valence-corrected chi connectivity index (χ2v) is 6.49. The first-order valence-corrected chi connectivity index (χ1v) is 7.40. The van der Waals surface area contributed by atoms with Crippen LogP contribution in [0, 0.1) is 6.92 Å². The van der Waals surface area contributed by atoms with Crippen LogP contribution in [-0.4, -0.2) is 35.3 Å². The zero-order valence-corrected chi connectivity index (χ0v) is 13.4. The summed E-state index contributed by atoms with van der Waals surface area (Å²) in [6, 6.07) is 7.13. The third kappa shape index (κ3) is 3.97. The van der Waals surface area contributed by atoms with Gasteiger partial charge in [-0.15, -0.1) is 0 Å². The molecule has 1 N–H and O–H groups in total. The van der Waals surface area contributed by atoms with Gasteiger partial charge in [-0.25, -0.2) is 0 Å². The van der Waals surface area contributed by atoms with Gasteiger partial charge in [0, 0.05) is 6.42 Å². The smallest absolute Gasteiger partial charge is 0.118 e. The van der Waals surface area contributed by atoms with Gasteiger partial charge in [0.2, 0.25) is 0 Å². The molecule has 0 bridgehead atoms. The van der Waals surface area contributed by atoms with Gasteiger partial charge < -0.3 is 9.59 Å². The number of aromatic hydroxyl groups is 1. The molecule has 0 heterocycles. The zero-order chi connectivity index (χ0) is 14.6. The van der Waals surface area contributed by atoms with E-state index < -0.39 is 0 Å². The summed E-state index contributed by atoms with van der Waals surface area (Å²) in [6.07, 6.45) is 2.07. The Morgan fingerprint density at radius 2 is 1.68 bits per heavy atom. The predicted octanol–water partition coefficient (Wildman–Crippen LogP) is 3.90. The van der Waals surface area contributed by atoms with Gasteiger partial charge in [-0.05, 0) is 52.7 Å². The molecule has 0 radical (unpaired) electrons. The van der Waals surface area contributed by atoms with Crippen molar-refractivity contribution in [3.63, 3.8) is 0 Å². The fourth-order valence-corrected chi connectivity index (χ4v) is 2.64. The first kappa shape index (κ1) is 16.0. The molecule has 0 aliphatic carbocycles. The summed E-state index contributed by atoms with van der Waals surface area (Å²) in [5.41, 5.74) is 2.30. The Hall–Kier alpha value is -1.02. The van der Waals surface area contributed by atoms with Gasteiger partial charge in [-0.2, -0.15) is 0 Å². The van der Waals surface area contributed by atoms with Crippen LogP contribution in [0.25, 0.3) is 0 Å². The molecular weight excluding hydrogens is 234 g/mol. The number of nitrogens with zero attached hydrogens (tertiary/aromatic N) is 1. The van der Waals surface area contributed by atoms with Gasteiger partial charge in [0.15, 0.2) is 0 Å². The lowest BCUT2D eigenvalue weighted by Crippen LogP contribution is -2.55. The molecule has 0 fully saturated rings. The highest BCUT2D eigenvalue weighted by Crippen LogP contribution is 2.22. The summed E-state index contributed by atoms with van der Waals surface area (Å²) in [4.78, 5) is 0. The Labute approximate surface area is 118 Å². The van der Waals surface area contributed by atoms with Gasteiger partial charge in [0.25, 0.3) is 0 Å². The predicted molar refractivity (Wildman–Crippen MR) is 82.5 cm³/mol. The molecule has 0 saturated carbocycles. The molecule has 19 heavy (non-hydrogen) atoms. The monoisotopic (exact) mass is 264 g/mol. The number of benzene rings is 1. The molecule has 1 rings (SSSR count). The summed E-state index contributed by atoms with van der Waals surface area (Å²) >= 11 is 0. The van der Waals surface area contributed by atoms with Crippen LogP contribution < -0.4 is 0 Å². The van der Waals surface area contributed by atoms with Crippen molar-refractivity contribution in [3.05, 3.63) is 29.3 Å². The Morgan fingerprint density at radius 3 is 2.21 bits per heavy atom. The topological polar surface area (TPSA) is 20.2 Å². The molecule has 2 heteroatoms. The second-order valence-electron chi connectivity index (χ2n) is 6.49. The normalized spacial score (nSPS) is 12.4. The van der Waals surface area contributed by atoms with Crippen molar-refractivity contribution in [1.29, 1.82) is 0 Å². The molecule has 0 saturated heterocycles. The van der Waals surface area contributed by atoms with Crippen molar-refractivity contribution in [2.45, 2.75) is 59.5 Å². The fourth-order valence-electron chi connectivity index (χ4n) is 2.64. The molecule has 0 unspecified atom stereocenters. The first-order valence-electron chi connectivity index (χ1n) is 7.40. The average molecular weight is 264 g/mol. The van der Waals surface area contributed by atoms with Gasteiger partial charge in [-0.1, -0.05) is 17.7 Å². The molecule has 0 amide bonds. The fraction of sp³-hybridized carbons (Fsp3) is 0.647. The maximum Gasteiger partial charge on any atom is 0.118 e. The molecule has 0 spiro atoms. The van der Waals surface area contributed by atoms with Crippen molar-refractivity contribution in [1.82, 2.24) is 0 Å². The van der Waals surface area contributed by atoms with Gasteiger partial charge >= 0.3 is 0 Å². The standard InChI is InChI=1S/C17H29NO/c1-13(2)18(6,14(3)4)11-7-8-16-12-15(5)9-10-17(16)19/h9-10,12-14H,7-8,11H2,1-6H3/p+1. The van der Waals surface area contributed by atoms with Crippen molar-refractivity contribution in [2.75, 3.05) is 13.6 Å². The third-order valence-electron chi connectivity index (χ3n) is 4.68. The molecule has 108 valence electrons. The van der Waals surface area contributed by atoms with E-state index in [0.717, 1.165) is 29.4 Å². The Bertz CT molecular complexity index is 402. The minimum atomic E-state index is 0.439. The Morgan fingerprint density at radius 1 is 1.11 bits per heavy atom. The number of rotatable bonds is 6. The molecule has 0 aromatic heterocycles. The van der Waals surface area contributed by atoms with E-state index in [0.29, 0.717) is 17.8 Å². The van der Waals surface area contributed by atoms with Gasteiger partial charge in [0.1, 0.15) is 5.75 Å². The largest absolute Gasteiger partial charge is 0.508 e. The minimum Gasteiger partial charge on any atom is -0.508 e. The number of hydrogen-bond acceptors (Lipinski definition) is 1. The molecular formula is C17H30NO+. The third-order valence-corrected chi connectivity index (χ3v) is 4.68. The van der Waals surface area contributed by atoms with E-state index in [9.17, 15) is 5.11 Å². The lowest BCUT2D eigenvalue weighted by Gasteiger charge is -2.42. The van der Waals surface area contributed by atoms with Crippen LogP contribution in [0.4, 0.5) is 0 Å². The van der Waals surface area contributed by atoms with Crippen LogP contribution >= 0.6 is 0 Å². The number of phenols is 1. The number of phenolic OH excluding ortho intramolecular Hbond substituents is 1. The lowest BCUT2D eigenvalue weighted by molar-refractivity contribution is -0.949. The highest BCUT2D eigenvalue weighted by atomic mass is 16.3. The van der Waals surface area contributed by atoms with Crippen molar-refractivity contribution in [2.24, 2.45) is 0 Å². The van der Waals surface area contributed by atoms with Crippen molar-refractivity contribution >= 4 is 0 Å². The van der Waals surface area contributed by atoms with E-state index in [-0.39, 0.29) is 0 Å². The molecule has 1 aromatic rings. The van der Waals surface area contributed by atoms with Crippen LogP contribution in [0.15, 0.2) is 18.2 Å². The first-order chi connectivity index (χ1) is 8.77. The molecule has 0 atom stereocenters. The zero-order valence-electron chi connectivity index (χ0n) is 13.4. The van der Waals surface area contributed by atoms with Crippen LogP contribution in [0.2, 0.25) is 0 Å². The lowest BCUT2D eigenvalue weighted by atomic mass is 10.0. The number of aryl methyl sites for hydroxylation is 2. The summed E-state index contributed by atoms with van der Waals surface area (Å²) in [6.45, 7) is 12.4. The van der Waals surface area contributed by atoms with E-state index in [2.05, 4.69) is 47.7 Å². The Balaban J connectivity index is 2.65. The molecule has 0 aliphatic rings. The average Bonchev–Trinajstić information content (AvgIpc) is 2.32. The SMILES string of the molecule is Cc1ccc(O)c(CCC[N+](C)(C(C)C)C(C)C)c1. The van der Waals surface area contributed by atoms with Crippen LogP contribution in [0.3, 0.4) is 0 Å². The van der Waals surface area contributed by atoms with E-state index in [1.54, 1.807) is 0 Å². The summed E-state index contributed by atoms with van der Waals surface area (Å²) < 4.78 is 1.09. The number of quaternary nitrogens is 1. The van der Waals surface area contributed by atoms with Gasteiger partial charge in [0.05, 0.1) is 25.7 Å². The molecule has 2 nitrogen and oxygen atoms in total. The summed E-state index contributed by atoms with van der Waals surface area (Å²) in [5.74, 6) is 0.439. The van der Waals surface area contributed by atoms with Gasteiger partial charge in [-0.3, -0.25) is 0 Å². The maximum absolute atomic E-state index is 9.88. The van der Waals surface area contributed by atoms with Crippen LogP contribution in [-0.2, 0) is 6.42 Å². The minimum absolute atomic E-state index is 0.439. The maximum atomic E-state index is 9.88. The summed E-state index contributed by atoms with van der Waals surface area (Å²) in [7, 11) is 2.34. The molecule has 0 aliphatic heterocycles. The number of hydrogen-bond donors (Lipinski definition) is 1. The quantitative estimate of drug-likeness (QED) is 0.773. The van der Waals surface area contributed by atoms with E-state index >= 15 is 0 Å². The van der Waals surface area contributed by atoms with E-state index in [4.69, 9.17) is 0 Å². The second kappa shape index (κ2) is 6.42. The highest BCUT2D eigenvalue weighted by molar-refractivity contribution is 5.35. The van der Waals surface area contributed by atoms with E-state index in [1.807, 2.05) is 12.1 Å². The van der Waals surface area contributed by atoms with E-state index in [1.165, 1.54) is 5.56 Å².